The van der Waals surface area contributed by atoms with Crippen molar-refractivity contribution in [3.05, 3.63) is 52.5 Å². The van der Waals surface area contributed by atoms with Crippen molar-refractivity contribution >= 4 is 44.8 Å². The second-order valence-corrected chi connectivity index (χ2v) is 9.25. The van der Waals surface area contributed by atoms with E-state index in [0.29, 0.717) is 40.9 Å². The van der Waals surface area contributed by atoms with Crippen LogP contribution in [-0.2, 0) is 14.8 Å². The maximum atomic E-state index is 12.9. The second kappa shape index (κ2) is 8.69. The minimum absolute atomic E-state index is 0.127. The lowest BCUT2D eigenvalue weighted by atomic mass is 9.99. The SMILES string of the molecule is COc1ccc(S(=O)(=O)N2CCC[C@@H](C(=O)Nc3ccc(Cl)c(Cl)c3)C2)cc1. The van der Waals surface area contributed by atoms with Crippen LogP contribution in [-0.4, -0.2) is 38.8 Å². The maximum Gasteiger partial charge on any atom is 0.243 e. The largest absolute Gasteiger partial charge is 0.497 e. The van der Waals surface area contributed by atoms with E-state index < -0.39 is 15.9 Å². The van der Waals surface area contributed by atoms with Gasteiger partial charge in [0.25, 0.3) is 0 Å². The summed E-state index contributed by atoms with van der Waals surface area (Å²) in [6.07, 6.45) is 1.22. The molecule has 1 fully saturated rings. The molecule has 6 nitrogen and oxygen atoms in total. The molecular weight excluding hydrogens is 423 g/mol. The summed E-state index contributed by atoms with van der Waals surface area (Å²) < 4.78 is 32.3. The molecule has 3 rings (SSSR count). The van der Waals surface area contributed by atoms with Crippen molar-refractivity contribution in [3.8, 4) is 5.75 Å². The van der Waals surface area contributed by atoms with Gasteiger partial charge in [0.2, 0.25) is 15.9 Å². The molecule has 0 radical (unpaired) electrons. The Hall–Kier alpha value is -1.80. The summed E-state index contributed by atoms with van der Waals surface area (Å²) >= 11 is 11.9. The van der Waals surface area contributed by atoms with E-state index in [1.807, 2.05) is 0 Å². The Morgan fingerprint density at radius 3 is 2.50 bits per heavy atom. The molecule has 1 N–H and O–H groups in total. The number of rotatable bonds is 5. The fraction of sp³-hybridized carbons (Fsp3) is 0.316. The van der Waals surface area contributed by atoms with Crippen LogP contribution in [0.2, 0.25) is 10.0 Å². The molecule has 1 heterocycles. The molecule has 1 atom stereocenters. The number of piperidine rings is 1. The number of sulfonamides is 1. The highest BCUT2D eigenvalue weighted by molar-refractivity contribution is 7.89. The molecule has 2 aromatic rings. The van der Waals surface area contributed by atoms with Crippen molar-refractivity contribution in [1.82, 2.24) is 4.31 Å². The Morgan fingerprint density at radius 2 is 1.86 bits per heavy atom. The van der Waals surface area contributed by atoms with Crippen molar-refractivity contribution in [3.63, 3.8) is 0 Å². The van der Waals surface area contributed by atoms with Crippen LogP contribution in [0.3, 0.4) is 0 Å². The molecule has 0 bridgehead atoms. The van der Waals surface area contributed by atoms with E-state index in [0.717, 1.165) is 0 Å². The predicted molar refractivity (Wildman–Crippen MR) is 110 cm³/mol. The molecule has 150 valence electrons. The number of halogens is 2. The van der Waals surface area contributed by atoms with E-state index >= 15 is 0 Å². The van der Waals surface area contributed by atoms with Crippen LogP contribution in [0.4, 0.5) is 5.69 Å². The minimum atomic E-state index is -3.68. The van der Waals surface area contributed by atoms with E-state index in [1.165, 1.54) is 23.5 Å². The first-order valence-corrected chi connectivity index (χ1v) is 10.9. The van der Waals surface area contributed by atoms with E-state index in [4.69, 9.17) is 27.9 Å². The quantitative estimate of drug-likeness (QED) is 0.757. The monoisotopic (exact) mass is 442 g/mol. The molecule has 1 saturated heterocycles. The van der Waals surface area contributed by atoms with Crippen LogP contribution < -0.4 is 10.1 Å². The standard InChI is InChI=1S/C19H20Cl2N2O4S/c1-27-15-5-7-16(8-6-15)28(25,26)23-10-2-3-13(12-23)19(24)22-14-4-9-17(20)18(21)11-14/h4-9,11,13H,2-3,10,12H2,1H3,(H,22,24)/t13-/m1/s1. The summed E-state index contributed by atoms with van der Waals surface area (Å²) in [6, 6.07) is 11.0. The lowest BCUT2D eigenvalue weighted by Crippen LogP contribution is -2.43. The van der Waals surface area contributed by atoms with Gasteiger partial charge in [-0.2, -0.15) is 4.31 Å². The van der Waals surface area contributed by atoms with Crippen LogP contribution in [0.15, 0.2) is 47.4 Å². The van der Waals surface area contributed by atoms with Crippen LogP contribution in [0, 0.1) is 5.92 Å². The number of nitrogens with one attached hydrogen (secondary N) is 1. The van der Waals surface area contributed by atoms with E-state index in [1.54, 1.807) is 30.3 Å². The van der Waals surface area contributed by atoms with Gasteiger partial charge >= 0.3 is 0 Å². The summed E-state index contributed by atoms with van der Waals surface area (Å²) in [7, 11) is -2.16. The molecule has 1 aliphatic rings. The number of amides is 1. The highest BCUT2D eigenvalue weighted by Crippen LogP contribution is 2.28. The van der Waals surface area contributed by atoms with Crippen molar-refractivity contribution in [2.24, 2.45) is 5.92 Å². The van der Waals surface area contributed by atoms with Gasteiger partial charge in [-0.25, -0.2) is 8.42 Å². The summed E-state index contributed by atoms with van der Waals surface area (Å²) in [5.74, 6) is -0.110. The Bertz CT molecular complexity index is 964. The number of carbonyl (C=O) groups is 1. The van der Waals surface area contributed by atoms with Gasteiger partial charge in [-0.05, 0) is 55.3 Å². The molecule has 0 aromatic heterocycles. The summed E-state index contributed by atoms with van der Waals surface area (Å²) in [5, 5.41) is 3.52. The average Bonchev–Trinajstić information content (AvgIpc) is 2.71. The van der Waals surface area contributed by atoms with Gasteiger partial charge in [0.1, 0.15) is 5.75 Å². The minimum Gasteiger partial charge on any atom is -0.497 e. The fourth-order valence-corrected chi connectivity index (χ4v) is 4.91. The molecule has 2 aromatic carbocycles. The Labute approximate surface area is 174 Å². The number of hydrogen-bond acceptors (Lipinski definition) is 4. The average molecular weight is 443 g/mol. The molecule has 0 saturated carbocycles. The first-order chi connectivity index (χ1) is 13.3. The van der Waals surface area contributed by atoms with E-state index in [9.17, 15) is 13.2 Å². The summed E-state index contributed by atoms with van der Waals surface area (Å²) in [6.45, 7) is 0.506. The van der Waals surface area contributed by atoms with Gasteiger partial charge in [0.05, 0.1) is 28.0 Å². The number of hydrogen-bond donors (Lipinski definition) is 1. The van der Waals surface area contributed by atoms with Crippen LogP contribution in [0.25, 0.3) is 0 Å². The Balaban J connectivity index is 1.71. The number of ether oxygens (including phenoxy) is 1. The number of carbonyl (C=O) groups excluding carboxylic acids is 1. The highest BCUT2D eigenvalue weighted by atomic mass is 35.5. The zero-order valence-corrected chi connectivity index (χ0v) is 17.5. The lowest BCUT2D eigenvalue weighted by Gasteiger charge is -2.31. The van der Waals surface area contributed by atoms with E-state index in [-0.39, 0.29) is 17.3 Å². The molecule has 0 aliphatic carbocycles. The van der Waals surface area contributed by atoms with Gasteiger partial charge in [0.15, 0.2) is 0 Å². The third-order valence-corrected chi connectivity index (χ3v) is 7.26. The Morgan fingerprint density at radius 1 is 1.14 bits per heavy atom. The third-order valence-electron chi connectivity index (χ3n) is 4.64. The topological polar surface area (TPSA) is 75.7 Å². The first kappa shape index (κ1) is 20.9. The number of benzene rings is 2. The van der Waals surface area contributed by atoms with Crippen LogP contribution in [0.1, 0.15) is 12.8 Å². The number of methoxy groups -OCH3 is 1. The first-order valence-electron chi connectivity index (χ1n) is 8.71. The fourth-order valence-electron chi connectivity index (χ4n) is 3.09. The van der Waals surface area contributed by atoms with E-state index in [2.05, 4.69) is 5.32 Å². The Kier molecular flexibility index (Phi) is 6.50. The third kappa shape index (κ3) is 4.60. The van der Waals surface area contributed by atoms with Gasteiger partial charge in [-0.1, -0.05) is 23.2 Å². The molecule has 28 heavy (non-hydrogen) atoms. The van der Waals surface area contributed by atoms with Crippen molar-refractivity contribution in [2.45, 2.75) is 17.7 Å². The smallest absolute Gasteiger partial charge is 0.243 e. The van der Waals surface area contributed by atoms with Gasteiger partial charge in [-0.15, -0.1) is 0 Å². The molecule has 0 spiro atoms. The number of nitrogens with zero attached hydrogens (tertiary/aromatic N) is 1. The normalized spacial score (nSPS) is 17.9. The van der Waals surface area contributed by atoms with Crippen LogP contribution >= 0.6 is 23.2 Å². The molecular formula is C19H20Cl2N2O4S. The second-order valence-electron chi connectivity index (χ2n) is 6.50. The molecule has 1 amide bonds. The lowest BCUT2D eigenvalue weighted by molar-refractivity contribution is -0.120. The zero-order chi connectivity index (χ0) is 20.3. The summed E-state index contributed by atoms with van der Waals surface area (Å²) in [5.41, 5.74) is 0.523. The number of anilines is 1. The van der Waals surface area contributed by atoms with Crippen molar-refractivity contribution in [2.75, 3.05) is 25.5 Å². The van der Waals surface area contributed by atoms with Gasteiger partial charge in [-0.3, -0.25) is 4.79 Å². The molecule has 1 aliphatic heterocycles. The van der Waals surface area contributed by atoms with Crippen molar-refractivity contribution < 1.29 is 17.9 Å². The van der Waals surface area contributed by atoms with Crippen LogP contribution in [0.5, 0.6) is 5.75 Å². The summed E-state index contributed by atoms with van der Waals surface area (Å²) in [4.78, 5) is 12.8. The molecule has 9 heteroatoms. The van der Waals surface area contributed by atoms with Gasteiger partial charge in [0, 0.05) is 18.8 Å². The maximum absolute atomic E-state index is 12.9. The van der Waals surface area contributed by atoms with Crippen molar-refractivity contribution in [1.29, 1.82) is 0 Å². The van der Waals surface area contributed by atoms with Gasteiger partial charge < -0.3 is 10.1 Å². The predicted octanol–water partition coefficient (Wildman–Crippen LogP) is 4.04. The molecule has 0 unspecified atom stereocenters. The highest BCUT2D eigenvalue weighted by Gasteiger charge is 2.33. The zero-order valence-electron chi connectivity index (χ0n) is 15.2.